The third-order valence-electron chi connectivity index (χ3n) is 5.09. The van der Waals surface area contributed by atoms with Crippen LogP contribution in [0.1, 0.15) is 12.8 Å². The molecule has 0 saturated carbocycles. The van der Waals surface area contributed by atoms with Crippen LogP contribution >= 0.6 is 0 Å². The van der Waals surface area contributed by atoms with E-state index in [9.17, 15) is 9.59 Å². The zero-order chi connectivity index (χ0) is 21.6. The highest BCUT2D eigenvalue weighted by molar-refractivity contribution is 6.02. The van der Waals surface area contributed by atoms with Gasteiger partial charge in [0.25, 0.3) is 5.56 Å². The lowest BCUT2D eigenvalue weighted by molar-refractivity contribution is -0.116. The van der Waals surface area contributed by atoms with Gasteiger partial charge in [-0.15, -0.1) is 0 Å². The van der Waals surface area contributed by atoms with Gasteiger partial charge in [0.05, 0.1) is 12.8 Å². The lowest BCUT2D eigenvalue weighted by Crippen LogP contribution is -2.23. The van der Waals surface area contributed by atoms with Crippen molar-refractivity contribution in [3.63, 3.8) is 0 Å². The van der Waals surface area contributed by atoms with Crippen LogP contribution < -0.4 is 15.6 Å². The lowest BCUT2D eigenvalue weighted by atomic mass is 10.1. The first-order valence-corrected chi connectivity index (χ1v) is 10.1. The second-order valence-corrected chi connectivity index (χ2v) is 7.19. The number of aromatic nitrogens is 2. The normalized spacial score (nSPS) is 10.7. The minimum Gasteiger partial charge on any atom is -0.497 e. The molecule has 0 bridgehead atoms. The zero-order valence-electron chi connectivity index (χ0n) is 17.2. The van der Waals surface area contributed by atoms with Crippen molar-refractivity contribution in [3.05, 3.63) is 89.2 Å². The van der Waals surface area contributed by atoms with Crippen LogP contribution in [0.4, 0.5) is 5.69 Å². The number of methoxy groups -OCH3 is 1. The van der Waals surface area contributed by atoms with Crippen LogP contribution in [0.3, 0.4) is 0 Å². The summed E-state index contributed by atoms with van der Waals surface area (Å²) in [5.41, 5.74) is 2.19. The van der Waals surface area contributed by atoms with Crippen molar-refractivity contribution in [2.45, 2.75) is 19.4 Å². The third-order valence-corrected chi connectivity index (χ3v) is 5.09. The molecule has 1 N–H and O–H groups in total. The highest BCUT2D eigenvalue weighted by Crippen LogP contribution is 2.23. The highest BCUT2D eigenvalue weighted by atomic mass is 16.5. The number of benzene rings is 3. The molecule has 6 nitrogen and oxygen atoms in total. The van der Waals surface area contributed by atoms with Crippen molar-refractivity contribution in [1.29, 1.82) is 0 Å². The Kier molecular flexibility index (Phi) is 6.08. The van der Waals surface area contributed by atoms with Gasteiger partial charge in [-0.2, -0.15) is 5.10 Å². The Morgan fingerprint density at radius 3 is 2.55 bits per heavy atom. The Balaban J connectivity index is 1.39. The average molecular weight is 413 g/mol. The molecular weight excluding hydrogens is 390 g/mol. The molecule has 4 rings (SSSR count). The number of hydrogen-bond donors (Lipinski definition) is 1. The van der Waals surface area contributed by atoms with Crippen LogP contribution in [-0.2, 0) is 11.3 Å². The van der Waals surface area contributed by atoms with Crippen LogP contribution in [0, 0.1) is 0 Å². The molecule has 0 radical (unpaired) electrons. The summed E-state index contributed by atoms with van der Waals surface area (Å²) in [6.07, 6.45) is 0.805. The van der Waals surface area contributed by atoms with Crippen LogP contribution in [0.15, 0.2) is 83.7 Å². The molecule has 4 aromatic rings. The highest BCUT2D eigenvalue weighted by Gasteiger charge is 2.08. The largest absolute Gasteiger partial charge is 0.497 e. The van der Waals surface area contributed by atoms with Gasteiger partial charge in [-0.1, -0.05) is 36.4 Å². The number of nitrogens with one attached hydrogen (secondary N) is 1. The van der Waals surface area contributed by atoms with Gasteiger partial charge in [0, 0.05) is 35.7 Å². The molecule has 1 heterocycles. The molecular formula is C25H23N3O3. The molecule has 3 aromatic carbocycles. The number of hydrogen-bond acceptors (Lipinski definition) is 4. The first-order valence-electron chi connectivity index (χ1n) is 10.1. The molecule has 156 valence electrons. The molecule has 0 unspecified atom stereocenters. The van der Waals surface area contributed by atoms with E-state index in [1.165, 1.54) is 10.7 Å². The average Bonchev–Trinajstić information content (AvgIpc) is 2.80. The van der Waals surface area contributed by atoms with Gasteiger partial charge in [0.2, 0.25) is 5.91 Å². The van der Waals surface area contributed by atoms with E-state index in [0.717, 1.165) is 27.8 Å². The van der Waals surface area contributed by atoms with Gasteiger partial charge < -0.3 is 10.1 Å². The molecule has 31 heavy (non-hydrogen) atoms. The molecule has 1 amide bonds. The summed E-state index contributed by atoms with van der Waals surface area (Å²) in [5, 5.41) is 9.51. The Morgan fingerprint density at radius 2 is 1.74 bits per heavy atom. The van der Waals surface area contributed by atoms with Crippen LogP contribution in [0.5, 0.6) is 5.75 Å². The molecule has 0 aliphatic rings. The predicted octanol–water partition coefficient (Wildman–Crippen LogP) is 4.49. The number of rotatable bonds is 7. The predicted molar refractivity (Wildman–Crippen MR) is 122 cm³/mol. The Labute approximate surface area is 180 Å². The van der Waals surface area contributed by atoms with E-state index < -0.39 is 0 Å². The number of aryl methyl sites for hydroxylation is 1. The third kappa shape index (κ3) is 4.80. The maximum Gasteiger partial charge on any atom is 0.266 e. The van der Waals surface area contributed by atoms with Crippen molar-refractivity contribution >= 4 is 22.4 Å². The number of carbonyl (C=O) groups is 1. The van der Waals surface area contributed by atoms with Gasteiger partial charge in [-0.25, -0.2) is 4.68 Å². The monoisotopic (exact) mass is 413 g/mol. The number of anilines is 1. The number of amides is 1. The van der Waals surface area contributed by atoms with E-state index in [0.29, 0.717) is 25.1 Å². The summed E-state index contributed by atoms with van der Waals surface area (Å²) < 4.78 is 6.58. The summed E-state index contributed by atoms with van der Waals surface area (Å²) in [6, 6.07) is 24.4. The zero-order valence-corrected chi connectivity index (χ0v) is 17.2. The molecule has 0 fully saturated rings. The molecule has 0 spiro atoms. The van der Waals surface area contributed by atoms with E-state index in [4.69, 9.17) is 4.74 Å². The summed E-state index contributed by atoms with van der Waals surface area (Å²) in [5.74, 6) is 0.671. The van der Waals surface area contributed by atoms with E-state index in [2.05, 4.69) is 10.4 Å². The number of nitrogens with zero attached hydrogens (tertiary/aromatic N) is 2. The maximum absolute atomic E-state index is 12.4. The smallest absolute Gasteiger partial charge is 0.266 e. The fraction of sp³-hybridized carbons (Fsp3) is 0.160. The Morgan fingerprint density at radius 1 is 0.968 bits per heavy atom. The van der Waals surface area contributed by atoms with Crippen molar-refractivity contribution in [1.82, 2.24) is 9.78 Å². The van der Waals surface area contributed by atoms with Crippen molar-refractivity contribution in [2.75, 3.05) is 12.4 Å². The van der Waals surface area contributed by atoms with Gasteiger partial charge in [-0.05, 0) is 48.2 Å². The van der Waals surface area contributed by atoms with Crippen molar-refractivity contribution in [2.24, 2.45) is 0 Å². The summed E-state index contributed by atoms with van der Waals surface area (Å²) in [6.45, 7) is 0.367. The van der Waals surface area contributed by atoms with E-state index in [-0.39, 0.29) is 11.5 Å². The lowest BCUT2D eigenvalue weighted by Gasteiger charge is -2.10. The second-order valence-electron chi connectivity index (χ2n) is 7.19. The molecule has 0 aliphatic carbocycles. The fourth-order valence-corrected chi connectivity index (χ4v) is 3.46. The first-order chi connectivity index (χ1) is 15.1. The van der Waals surface area contributed by atoms with E-state index in [1.54, 1.807) is 13.2 Å². The summed E-state index contributed by atoms with van der Waals surface area (Å²) in [7, 11) is 1.61. The quantitative estimate of drug-likeness (QED) is 0.484. The Hall–Kier alpha value is -3.93. The minimum absolute atomic E-state index is 0.0873. The summed E-state index contributed by atoms with van der Waals surface area (Å²) >= 11 is 0. The number of carbonyl (C=O) groups excluding carboxylic acids is 1. The maximum atomic E-state index is 12.4. The van der Waals surface area contributed by atoms with Crippen LogP contribution in [0.2, 0.25) is 0 Å². The topological polar surface area (TPSA) is 73.2 Å². The van der Waals surface area contributed by atoms with Gasteiger partial charge in [-0.3, -0.25) is 9.59 Å². The van der Waals surface area contributed by atoms with Crippen LogP contribution in [0.25, 0.3) is 22.0 Å². The number of ether oxygens (including phenoxy) is 1. The molecule has 6 heteroatoms. The van der Waals surface area contributed by atoms with Gasteiger partial charge in [0.15, 0.2) is 0 Å². The standard InChI is InChI=1S/C25H23N3O3/c1-31-20-13-11-19(12-14-20)22-15-16-25(30)28(27-22)17-5-10-24(29)26-23-9-4-7-18-6-2-3-8-21(18)23/h2-4,6-9,11-16H,5,10,17H2,1H3,(H,26,29). The van der Waals surface area contributed by atoms with Crippen molar-refractivity contribution in [3.8, 4) is 17.0 Å². The van der Waals surface area contributed by atoms with E-state index >= 15 is 0 Å². The van der Waals surface area contributed by atoms with Gasteiger partial charge in [0.1, 0.15) is 5.75 Å². The molecule has 1 aromatic heterocycles. The fourth-order valence-electron chi connectivity index (χ4n) is 3.46. The Bertz CT molecular complexity index is 1260. The number of fused-ring (bicyclic) bond motifs is 1. The second kappa shape index (κ2) is 9.26. The minimum atomic E-state index is -0.188. The molecule has 0 saturated heterocycles. The molecule has 0 aliphatic heterocycles. The molecule has 0 atom stereocenters. The van der Waals surface area contributed by atoms with Gasteiger partial charge >= 0.3 is 0 Å². The van der Waals surface area contributed by atoms with E-state index in [1.807, 2.05) is 66.7 Å². The van der Waals surface area contributed by atoms with Crippen molar-refractivity contribution < 1.29 is 9.53 Å². The van der Waals surface area contributed by atoms with Crippen LogP contribution in [-0.4, -0.2) is 22.8 Å². The summed E-state index contributed by atoms with van der Waals surface area (Å²) in [4.78, 5) is 24.6. The first kappa shape index (κ1) is 20.3. The SMILES string of the molecule is COc1ccc(-c2ccc(=O)n(CCCC(=O)Nc3cccc4ccccc34)n2)cc1.